The van der Waals surface area contributed by atoms with E-state index in [4.69, 9.17) is 9.73 Å². The Hall–Kier alpha value is -4.17. The van der Waals surface area contributed by atoms with Crippen LogP contribution in [-0.2, 0) is 9.53 Å². The molecule has 0 spiro atoms. The van der Waals surface area contributed by atoms with Crippen molar-refractivity contribution in [1.29, 1.82) is 5.26 Å². The van der Waals surface area contributed by atoms with Gasteiger partial charge in [0.1, 0.15) is 12.2 Å². The zero-order valence-corrected chi connectivity index (χ0v) is 23.3. The van der Waals surface area contributed by atoms with Crippen molar-refractivity contribution in [3.8, 4) is 17.2 Å². The number of carbonyl (C=O) groups is 1. The summed E-state index contributed by atoms with van der Waals surface area (Å²) in [5.74, 6) is 0.930. The van der Waals surface area contributed by atoms with E-state index in [9.17, 15) is 10.1 Å². The SMILES string of the molecule is CC1=NC(=Cc2[nH]c(C)c(C#N)c2-c2ccccc2)C(c2ccccc2)=C1C(=O)OC1C(C)CC(C)CC1C. The molecule has 5 rings (SSSR count). The zero-order chi connectivity index (χ0) is 27.7. The summed E-state index contributed by atoms with van der Waals surface area (Å²) in [6, 6.07) is 22.1. The number of rotatable bonds is 5. The van der Waals surface area contributed by atoms with Crippen LogP contribution in [0.4, 0.5) is 0 Å². The van der Waals surface area contributed by atoms with E-state index in [2.05, 4.69) is 31.8 Å². The molecule has 39 heavy (non-hydrogen) atoms. The summed E-state index contributed by atoms with van der Waals surface area (Å²) in [6.45, 7) is 10.4. The van der Waals surface area contributed by atoms with Crippen LogP contribution in [0.25, 0.3) is 22.8 Å². The van der Waals surface area contributed by atoms with Crippen molar-refractivity contribution in [1.82, 2.24) is 4.98 Å². The van der Waals surface area contributed by atoms with Crippen molar-refractivity contribution in [3.05, 3.63) is 94.4 Å². The van der Waals surface area contributed by atoms with Gasteiger partial charge in [-0.1, -0.05) is 81.4 Å². The van der Waals surface area contributed by atoms with Crippen LogP contribution in [0, 0.1) is 36.0 Å². The number of benzene rings is 2. The first-order valence-corrected chi connectivity index (χ1v) is 13.7. The second-order valence-corrected chi connectivity index (χ2v) is 11.1. The average Bonchev–Trinajstić information content (AvgIpc) is 3.42. The maximum atomic E-state index is 13.8. The summed E-state index contributed by atoms with van der Waals surface area (Å²) >= 11 is 0. The van der Waals surface area contributed by atoms with Gasteiger partial charge in [0, 0.05) is 22.5 Å². The van der Waals surface area contributed by atoms with Crippen LogP contribution < -0.4 is 0 Å². The molecule has 3 aromatic rings. The number of aryl methyl sites for hydroxylation is 1. The molecule has 0 radical (unpaired) electrons. The van der Waals surface area contributed by atoms with Gasteiger partial charge in [-0.15, -0.1) is 0 Å². The summed E-state index contributed by atoms with van der Waals surface area (Å²) in [4.78, 5) is 22.1. The van der Waals surface area contributed by atoms with Gasteiger partial charge in [0.15, 0.2) is 0 Å². The van der Waals surface area contributed by atoms with Crippen LogP contribution in [0.1, 0.15) is 63.1 Å². The Labute approximate surface area is 230 Å². The normalized spacial score (nSPS) is 24.0. The highest BCUT2D eigenvalue weighted by Gasteiger charge is 2.37. The number of allylic oxidation sites excluding steroid dienone is 1. The molecule has 2 aromatic carbocycles. The molecule has 1 N–H and O–H groups in total. The van der Waals surface area contributed by atoms with Crippen molar-refractivity contribution in [2.75, 3.05) is 0 Å². The van der Waals surface area contributed by atoms with E-state index >= 15 is 0 Å². The molecule has 2 atom stereocenters. The van der Waals surface area contributed by atoms with E-state index in [1.807, 2.05) is 80.6 Å². The van der Waals surface area contributed by atoms with E-state index in [0.717, 1.165) is 46.5 Å². The fourth-order valence-corrected chi connectivity index (χ4v) is 6.40. The van der Waals surface area contributed by atoms with Gasteiger partial charge in [-0.05, 0) is 61.6 Å². The average molecular weight is 518 g/mol. The first-order valence-electron chi connectivity index (χ1n) is 13.7. The molecule has 5 heteroatoms. The Bertz CT molecular complexity index is 1510. The smallest absolute Gasteiger partial charge is 0.340 e. The number of carbonyl (C=O) groups excluding carboxylic acids is 1. The minimum Gasteiger partial charge on any atom is -0.458 e. The number of nitrogens with zero attached hydrogens (tertiary/aromatic N) is 2. The van der Waals surface area contributed by atoms with Crippen LogP contribution >= 0.6 is 0 Å². The predicted octanol–water partition coefficient (Wildman–Crippen LogP) is 7.74. The molecule has 1 aromatic heterocycles. The molecule has 1 saturated carbocycles. The fourth-order valence-electron chi connectivity index (χ4n) is 6.40. The molecule has 2 heterocycles. The maximum absolute atomic E-state index is 13.8. The number of H-pyrrole nitrogens is 1. The van der Waals surface area contributed by atoms with Crippen molar-refractivity contribution < 1.29 is 9.53 Å². The predicted molar refractivity (Wildman–Crippen MR) is 157 cm³/mol. The molecule has 0 saturated heterocycles. The number of aliphatic imine (C=N–C) groups is 1. The molecular weight excluding hydrogens is 482 g/mol. The van der Waals surface area contributed by atoms with Gasteiger partial charge in [-0.2, -0.15) is 5.26 Å². The summed E-state index contributed by atoms with van der Waals surface area (Å²) in [5, 5.41) is 9.95. The Morgan fingerprint density at radius 2 is 1.56 bits per heavy atom. The number of nitrogens with one attached hydrogen (secondary N) is 1. The van der Waals surface area contributed by atoms with Crippen molar-refractivity contribution in [3.63, 3.8) is 0 Å². The topological polar surface area (TPSA) is 78.2 Å². The van der Waals surface area contributed by atoms with Gasteiger partial charge in [-0.25, -0.2) is 4.79 Å². The molecule has 198 valence electrons. The summed E-state index contributed by atoms with van der Waals surface area (Å²) in [5.41, 5.74) is 7.44. The van der Waals surface area contributed by atoms with E-state index in [-0.39, 0.29) is 12.1 Å². The number of esters is 1. The van der Waals surface area contributed by atoms with Gasteiger partial charge in [0.25, 0.3) is 0 Å². The summed E-state index contributed by atoms with van der Waals surface area (Å²) in [6.07, 6.45) is 3.95. The number of nitriles is 1. The van der Waals surface area contributed by atoms with Gasteiger partial charge < -0.3 is 9.72 Å². The monoisotopic (exact) mass is 517 g/mol. The quantitative estimate of drug-likeness (QED) is 0.352. The first kappa shape index (κ1) is 26.4. The zero-order valence-electron chi connectivity index (χ0n) is 23.3. The standard InChI is InChI=1S/C34H35N3O2/c1-20-16-21(2)33(22(3)17-20)39-34(38)30-24(5)37-29(32(30)26-14-10-7-11-15-26)18-28-31(25-12-8-6-9-13-25)27(19-35)23(4)36-28/h6-15,18,20-22,33,36H,16-17H2,1-5H3. The molecule has 5 nitrogen and oxygen atoms in total. The van der Waals surface area contributed by atoms with Crippen molar-refractivity contribution in [2.24, 2.45) is 22.7 Å². The number of ether oxygens (including phenoxy) is 1. The van der Waals surface area contributed by atoms with Gasteiger partial charge in [0.2, 0.25) is 0 Å². The lowest BCUT2D eigenvalue weighted by Crippen LogP contribution is -2.38. The number of hydrogen-bond acceptors (Lipinski definition) is 4. The first-order chi connectivity index (χ1) is 18.8. The largest absolute Gasteiger partial charge is 0.458 e. The Balaban J connectivity index is 1.62. The van der Waals surface area contributed by atoms with E-state index in [0.29, 0.717) is 40.3 Å². The molecule has 1 fully saturated rings. The lowest BCUT2D eigenvalue weighted by atomic mass is 9.75. The molecule has 2 unspecified atom stereocenters. The molecule has 0 amide bonds. The second kappa shape index (κ2) is 10.9. The highest BCUT2D eigenvalue weighted by molar-refractivity contribution is 6.29. The summed E-state index contributed by atoms with van der Waals surface area (Å²) in [7, 11) is 0. The minimum atomic E-state index is -0.319. The highest BCUT2D eigenvalue weighted by Crippen LogP contribution is 2.40. The van der Waals surface area contributed by atoms with Gasteiger partial charge in [-0.3, -0.25) is 4.99 Å². The Kier molecular flexibility index (Phi) is 7.39. The Morgan fingerprint density at radius 1 is 0.974 bits per heavy atom. The van der Waals surface area contributed by atoms with Crippen molar-refractivity contribution >= 4 is 23.3 Å². The minimum absolute atomic E-state index is 0.118. The van der Waals surface area contributed by atoms with Crippen molar-refractivity contribution in [2.45, 2.75) is 53.6 Å². The van der Waals surface area contributed by atoms with Crippen LogP contribution in [0.3, 0.4) is 0 Å². The third-order valence-corrected chi connectivity index (χ3v) is 8.01. The van der Waals surface area contributed by atoms with E-state index in [1.165, 1.54) is 0 Å². The molecule has 1 aliphatic heterocycles. The summed E-state index contributed by atoms with van der Waals surface area (Å²) < 4.78 is 6.25. The van der Waals surface area contributed by atoms with E-state index in [1.54, 1.807) is 0 Å². The van der Waals surface area contributed by atoms with E-state index < -0.39 is 0 Å². The Morgan fingerprint density at radius 3 is 2.15 bits per heavy atom. The number of hydrogen-bond donors (Lipinski definition) is 1. The van der Waals surface area contributed by atoms with Crippen LogP contribution in [-0.4, -0.2) is 22.8 Å². The molecular formula is C34H35N3O2. The van der Waals surface area contributed by atoms with Gasteiger partial charge >= 0.3 is 5.97 Å². The molecule has 0 bridgehead atoms. The number of aromatic nitrogens is 1. The molecule has 1 aliphatic carbocycles. The van der Waals surface area contributed by atoms with Crippen LogP contribution in [0.5, 0.6) is 0 Å². The lowest BCUT2D eigenvalue weighted by molar-refractivity contribution is -0.152. The second-order valence-electron chi connectivity index (χ2n) is 11.1. The fraction of sp³-hybridized carbons (Fsp3) is 0.324. The highest BCUT2D eigenvalue weighted by atomic mass is 16.5. The maximum Gasteiger partial charge on any atom is 0.340 e. The number of aromatic amines is 1. The third kappa shape index (κ3) is 5.12. The lowest BCUT2D eigenvalue weighted by Gasteiger charge is -2.37. The van der Waals surface area contributed by atoms with Gasteiger partial charge in [0.05, 0.1) is 22.5 Å². The van der Waals surface area contributed by atoms with Crippen LogP contribution in [0.15, 0.2) is 76.9 Å². The molecule has 2 aliphatic rings. The van der Waals surface area contributed by atoms with Crippen LogP contribution in [0.2, 0.25) is 0 Å². The third-order valence-electron chi connectivity index (χ3n) is 8.01.